The fraction of sp³-hybridized carbons (Fsp3) is 0.367. The molecule has 4 aliphatic heterocycles. The molecule has 0 bridgehead atoms. The van der Waals surface area contributed by atoms with Gasteiger partial charge in [-0.25, -0.2) is 0 Å². The molecular weight excluding hydrogens is 897 g/mol. The first-order chi connectivity index (χ1) is 35.4. The SMILES string of the molecule is O=C(NC1CCCC[C@@H]1C(=O)N1CC[C@@H]2[C@H](c3cccnc3)Nc3ccccc3[C@@H]21)c1ccccc1.O=C(NC1CCCC[C@@H]1C(=O)N1CC[C@H]2[C@@H](c3cccnc3)Nc3ccccc3[C@H]21)c1ccccc1. The highest BCUT2D eigenvalue weighted by atomic mass is 16.2. The Kier molecular flexibility index (Phi) is 13.8. The Morgan fingerprint density at radius 1 is 0.458 bits per heavy atom. The zero-order valence-corrected chi connectivity index (χ0v) is 40.7. The number of anilines is 2. The van der Waals surface area contributed by atoms with Crippen LogP contribution >= 0.6 is 0 Å². The number of benzene rings is 4. The molecule has 4 amide bonds. The minimum absolute atomic E-state index is 0.0209. The van der Waals surface area contributed by atoms with Crippen molar-refractivity contribution in [2.45, 2.75) is 100 Å². The van der Waals surface area contributed by atoms with Crippen LogP contribution in [0.3, 0.4) is 0 Å². The number of amides is 4. The molecular formula is C60H64N8O4. The second-order valence-corrected chi connectivity index (χ2v) is 20.5. The number of rotatable bonds is 8. The van der Waals surface area contributed by atoms with Crippen molar-refractivity contribution in [2.75, 3.05) is 23.7 Å². The van der Waals surface area contributed by atoms with E-state index in [0.717, 1.165) is 99.8 Å². The van der Waals surface area contributed by atoms with Crippen molar-refractivity contribution in [1.29, 1.82) is 0 Å². The standard InChI is InChI=1S/2C30H32N4O2/c2*35-29(20-9-2-1-3-10-20)33-26-15-7-5-13-23(26)30(36)34-18-16-24-27(21-11-8-17-31-19-21)32-25-14-6-4-12-22(25)28(24)34/h2*1-4,6,8-12,14,17,19,23-24,26-28,32H,5,7,13,15-16,18H2,(H,33,35)/t23-,24+,26?,27-,28-;23-,24-,26?,27+,28+/m00/s1. The number of para-hydroxylation sites is 2. The number of fused-ring (bicyclic) bond motifs is 6. The summed E-state index contributed by atoms with van der Waals surface area (Å²) in [5.74, 6) is 0.340. The highest BCUT2D eigenvalue weighted by molar-refractivity contribution is 5.95. The molecule has 0 radical (unpaired) electrons. The zero-order valence-electron chi connectivity index (χ0n) is 40.7. The van der Waals surface area contributed by atoms with E-state index in [1.165, 1.54) is 11.1 Å². The van der Waals surface area contributed by atoms with E-state index in [-0.39, 0.29) is 83.6 Å². The van der Waals surface area contributed by atoms with Crippen LogP contribution in [0.15, 0.2) is 158 Å². The zero-order chi connectivity index (χ0) is 49.0. The summed E-state index contributed by atoms with van der Waals surface area (Å²) in [6, 6.07) is 43.5. The lowest BCUT2D eigenvalue weighted by Gasteiger charge is -2.42. The molecule has 12 heteroatoms. The third-order valence-corrected chi connectivity index (χ3v) is 16.5. The molecule has 4 N–H and O–H groups in total. The number of aromatic nitrogens is 2. The van der Waals surface area contributed by atoms with Gasteiger partial charge < -0.3 is 31.1 Å². The van der Waals surface area contributed by atoms with E-state index < -0.39 is 0 Å². The topological polar surface area (TPSA) is 149 Å². The van der Waals surface area contributed by atoms with Crippen molar-refractivity contribution < 1.29 is 19.2 Å². The van der Waals surface area contributed by atoms with Gasteiger partial charge in [-0.15, -0.1) is 0 Å². The molecule has 12 nitrogen and oxygen atoms in total. The van der Waals surface area contributed by atoms with Crippen molar-refractivity contribution in [3.63, 3.8) is 0 Å². The maximum Gasteiger partial charge on any atom is 0.251 e. The number of carbonyl (C=O) groups is 4. The monoisotopic (exact) mass is 961 g/mol. The van der Waals surface area contributed by atoms with E-state index in [1.54, 1.807) is 12.4 Å². The first-order valence-electron chi connectivity index (χ1n) is 26.2. The molecule has 6 aromatic rings. The minimum atomic E-state index is -0.191. The molecule has 2 saturated heterocycles. The highest BCUT2D eigenvalue weighted by Gasteiger charge is 2.50. The number of pyridine rings is 2. The van der Waals surface area contributed by atoms with Crippen LogP contribution in [0.2, 0.25) is 0 Å². The first-order valence-corrected chi connectivity index (χ1v) is 26.2. The van der Waals surface area contributed by atoms with Gasteiger partial charge in [-0.3, -0.25) is 29.1 Å². The van der Waals surface area contributed by atoms with Crippen molar-refractivity contribution in [3.05, 3.63) is 192 Å². The van der Waals surface area contributed by atoms with Gasteiger partial charge in [0.2, 0.25) is 11.8 Å². The normalized spacial score (nSPS) is 26.9. The predicted octanol–water partition coefficient (Wildman–Crippen LogP) is 10.3. The third kappa shape index (κ3) is 9.46. The molecule has 4 aromatic carbocycles. The summed E-state index contributed by atoms with van der Waals surface area (Å²) in [6.07, 6.45) is 16.8. The highest BCUT2D eigenvalue weighted by Crippen LogP contribution is 2.53. The molecule has 4 fully saturated rings. The van der Waals surface area contributed by atoms with Gasteiger partial charge in [-0.05, 0) is 109 Å². The summed E-state index contributed by atoms with van der Waals surface area (Å²) in [6.45, 7) is 1.47. The average molecular weight is 961 g/mol. The number of likely N-dealkylation sites (tertiary alicyclic amines) is 2. The maximum absolute atomic E-state index is 14.2. The van der Waals surface area contributed by atoms with E-state index >= 15 is 0 Å². The molecule has 2 unspecified atom stereocenters. The molecule has 10 atom stereocenters. The van der Waals surface area contributed by atoms with Crippen LogP contribution in [0.5, 0.6) is 0 Å². The van der Waals surface area contributed by atoms with Crippen molar-refractivity contribution in [2.24, 2.45) is 23.7 Å². The molecule has 2 aliphatic carbocycles. The lowest BCUT2D eigenvalue weighted by Crippen LogP contribution is -2.50. The van der Waals surface area contributed by atoms with E-state index in [2.05, 4.69) is 89.6 Å². The van der Waals surface area contributed by atoms with Crippen LogP contribution in [0.25, 0.3) is 0 Å². The van der Waals surface area contributed by atoms with Crippen LogP contribution in [0, 0.1) is 23.7 Å². The van der Waals surface area contributed by atoms with E-state index in [9.17, 15) is 19.2 Å². The molecule has 72 heavy (non-hydrogen) atoms. The number of hydrogen-bond acceptors (Lipinski definition) is 8. The van der Waals surface area contributed by atoms with Gasteiger partial charge in [0.15, 0.2) is 0 Å². The Morgan fingerprint density at radius 2 is 0.861 bits per heavy atom. The molecule has 12 rings (SSSR count). The van der Waals surface area contributed by atoms with Crippen molar-refractivity contribution >= 4 is 35.0 Å². The van der Waals surface area contributed by atoms with Crippen LogP contribution in [0.1, 0.15) is 131 Å². The lowest BCUT2D eigenvalue weighted by molar-refractivity contribution is -0.139. The lowest BCUT2D eigenvalue weighted by atomic mass is 9.79. The Labute approximate surface area is 422 Å². The Morgan fingerprint density at radius 3 is 1.28 bits per heavy atom. The Bertz CT molecular complexity index is 2660. The summed E-state index contributed by atoms with van der Waals surface area (Å²) in [5.41, 5.74) is 8.14. The summed E-state index contributed by atoms with van der Waals surface area (Å²) in [7, 11) is 0. The maximum atomic E-state index is 14.2. The minimum Gasteiger partial charge on any atom is -0.378 e. The molecule has 368 valence electrons. The number of carbonyl (C=O) groups excluding carboxylic acids is 4. The molecule has 6 aliphatic rings. The van der Waals surface area contributed by atoms with Crippen molar-refractivity contribution in [3.8, 4) is 0 Å². The summed E-state index contributed by atoms with van der Waals surface area (Å²) in [5, 5.41) is 13.9. The van der Waals surface area contributed by atoms with Gasteiger partial charge in [0.1, 0.15) is 0 Å². The number of nitrogens with one attached hydrogen (secondary N) is 4. The van der Waals surface area contributed by atoms with Gasteiger partial charge in [0.25, 0.3) is 11.8 Å². The fourth-order valence-electron chi connectivity index (χ4n) is 13.0. The van der Waals surface area contributed by atoms with E-state index in [0.29, 0.717) is 11.1 Å². The molecule has 2 aromatic heterocycles. The van der Waals surface area contributed by atoms with Gasteiger partial charge in [-0.1, -0.05) is 111 Å². The molecule has 2 saturated carbocycles. The van der Waals surface area contributed by atoms with Crippen LogP contribution < -0.4 is 21.3 Å². The summed E-state index contributed by atoms with van der Waals surface area (Å²) >= 11 is 0. The molecule has 6 heterocycles. The predicted molar refractivity (Wildman–Crippen MR) is 279 cm³/mol. The fourth-order valence-corrected chi connectivity index (χ4v) is 13.0. The Balaban J connectivity index is 0.000000156. The van der Waals surface area contributed by atoms with Gasteiger partial charge in [-0.2, -0.15) is 0 Å². The quantitative estimate of drug-likeness (QED) is 0.118. The summed E-state index contributed by atoms with van der Waals surface area (Å²) < 4.78 is 0. The van der Waals surface area contributed by atoms with Gasteiger partial charge in [0.05, 0.1) is 36.0 Å². The molecule has 0 spiro atoms. The first kappa shape index (κ1) is 47.0. The summed E-state index contributed by atoms with van der Waals surface area (Å²) in [4.78, 5) is 67.2. The van der Waals surface area contributed by atoms with Gasteiger partial charge in [0, 0.05) is 84.3 Å². The van der Waals surface area contributed by atoms with Gasteiger partial charge >= 0.3 is 0 Å². The Hall–Kier alpha value is -7.34. The average Bonchev–Trinajstić information content (AvgIpc) is 4.11. The largest absolute Gasteiger partial charge is 0.378 e. The number of hydrogen-bond donors (Lipinski definition) is 4. The van der Waals surface area contributed by atoms with E-state index in [1.807, 2.05) is 97.3 Å². The van der Waals surface area contributed by atoms with Crippen LogP contribution in [-0.2, 0) is 9.59 Å². The van der Waals surface area contributed by atoms with E-state index in [4.69, 9.17) is 0 Å². The van der Waals surface area contributed by atoms with Crippen LogP contribution in [0.4, 0.5) is 11.4 Å². The van der Waals surface area contributed by atoms with Crippen molar-refractivity contribution in [1.82, 2.24) is 30.4 Å². The van der Waals surface area contributed by atoms with Crippen LogP contribution in [-0.4, -0.2) is 68.6 Å². The smallest absolute Gasteiger partial charge is 0.251 e. The second-order valence-electron chi connectivity index (χ2n) is 20.5. The third-order valence-electron chi connectivity index (χ3n) is 16.5. The number of nitrogens with zero attached hydrogens (tertiary/aromatic N) is 4. The second kappa shape index (κ2) is 21.2.